The number of rotatable bonds is 1. The third-order valence-electron chi connectivity index (χ3n) is 6.39. The topological polar surface area (TPSA) is 43.8 Å². The third-order valence-corrected chi connectivity index (χ3v) is 6.39. The second-order valence-electron chi connectivity index (χ2n) is 8.10. The van der Waals surface area contributed by atoms with Crippen molar-refractivity contribution in [1.82, 2.24) is 9.55 Å². The molecule has 2 bridgehead atoms. The van der Waals surface area contributed by atoms with E-state index in [2.05, 4.69) is 55.4 Å². The summed E-state index contributed by atoms with van der Waals surface area (Å²) in [6, 6.07) is 6.78. The van der Waals surface area contributed by atoms with Crippen LogP contribution < -0.4 is 5.73 Å². The van der Waals surface area contributed by atoms with Crippen molar-refractivity contribution in [2.45, 2.75) is 53.0 Å². The average molecular weight is 283 g/mol. The Labute approximate surface area is 126 Å². The van der Waals surface area contributed by atoms with Gasteiger partial charge in [0.25, 0.3) is 0 Å². The van der Waals surface area contributed by atoms with Crippen molar-refractivity contribution in [2.24, 2.45) is 16.7 Å². The van der Waals surface area contributed by atoms with Crippen molar-refractivity contribution >= 4 is 17.0 Å². The number of nitrogens with zero attached hydrogens (tertiary/aromatic N) is 2. The van der Waals surface area contributed by atoms with Crippen LogP contribution in [-0.2, 0) is 0 Å². The van der Waals surface area contributed by atoms with E-state index in [1.54, 1.807) is 0 Å². The molecule has 2 aliphatic carbocycles. The number of aryl methyl sites for hydroxylation is 1. The standard InChI is InChI=1S/C18H25N3/c1-11-6-5-7-13-14(11)21(16(19)20-13)15-17(2,3)12-8-9-18(15,4)10-12/h5-7,12,15H,8-10H2,1-4H3,(H2,19,20). The van der Waals surface area contributed by atoms with Crippen LogP contribution >= 0.6 is 0 Å². The first-order valence-corrected chi connectivity index (χ1v) is 8.07. The molecule has 3 unspecified atom stereocenters. The molecule has 0 radical (unpaired) electrons. The first kappa shape index (κ1) is 13.2. The van der Waals surface area contributed by atoms with Crippen LogP contribution in [0.1, 0.15) is 51.6 Å². The zero-order valence-corrected chi connectivity index (χ0v) is 13.5. The van der Waals surface area contributed by atoms with E-state index in [4.69, 9.17) is 5.73 Å². The van der Waals surface area contributed by atoms with Gasteiger partial charge in [-0.05, 0) is 54.6 Å². The van der Waals surface area contributed by atoms with Crippen molar-refractivity contribution in [2.75, 3.05) is 5.73 Å². The van der Waals surface area contributed by atoms with E-state index >= 15 is 0 Å². The molecule has 0 aliphatic heterocycles. The number of hydrogen-bond acceptors (Lipinski definition) is 2. The molecular formula is C18H25N3. The van der Waals surface area contributed by atoms with E-state index in [1.807, 2.05) is 0 Å². The van der Waals surface area contributed by atoms with Gasteiger partial charge in [0, 0.05) is 6.04 Å². The third kappa shape index (κ3) is 1.52. The Kier molecular flexibility index (Phi) is 2.40. The number of para-hydroxylation sites is 1. The van der Waals surface area contributed by atoms with Crippen LogP contribution in [0.4, 0.5) is 5.95 Å². The first-order valence-electron chi connectivity index (χ1n) is 8.07. The van der Waals surface area contributed by atoms with Crippen molar-refractivity contribution in [3.05, 3.63) is 23.8 Å². The molecule has 1 aromatic heterocycles. The van der Waals surface area contributed by atoms with Gasteiger partial charge in [0.05, 0.1) is 11.0 Å². The number of imidazole rings is 1. The molecule has 4 rings (SSSR count). The maximum absolute atomic E-state index is 6.37. The van der Waals surface area contributed by atoms with Crippen molar-refractivity contribution in [3.63, 3.8) is 0 Å². The van der Waals surface area contributed by atoms with E-state index in [0.717, 1.165) is 11.4 Å². The summed E-state index contributed by atoms with van der Waals surface area (Å²) in [5.41, 5.74) is 10.6. The number of anilines is 1. The Hall–Kier alpha value is -1.51. The van der Waals surface area contributed by atoms with E-state index in [-0.39, 0.29) is 5.41 Å². The van der Waals surface area contributed by atoms with Gasteiger partial charge in [0.15, 0.2) is 0 Å². The van der Waals surface area contributed by atoms with E-state index in [9.17, 15) is 0 Å². The van der Waals surface area contributed by atoms with Crippen molar-refractivity contribution in [3.8, 4) is 0 Å². The van der Waals surface area contributed by atoms with Crippen LogP contribution in [0, 0.1) is 23.7 Å². The molecule has 21 heavy (non-hydrogen) atoms. The fourth-order valence-electron chi connectivity index (χ4n) is 5.52. The second kappa shape index (κ2) is 3.82. The van der Waals surface area contributed by atoms with Gasteiger partial charge in [-0.25, -0.2) is 4.98 Å². The largest absolute Gasteiger partial charge is 0.369 e. The number of nitrogens with two attached hydrogens (primary N) is 1. The Balaban J connectivity index is 2.01. The number of nitrogen functional groups attached to an aromatic ring is 1. The van der Waals surface area contributed by atoms with Crippen LogP contribution in [0.5, 0.6) is 0 Å². The highest BCUT2D eigenvalue weighted by Gasteiger charge is 2.60. The maximum Gasteiger partial charge on any atom is 0.201 e. The number of benzene rings is 1. The summed E-state index contributed by atoms with van der Waals surface area (Å²) in [6.07, 6.45) is 4.01. The average Bonchev–Trinajstić information content (AvgIpc) is 2.98. The Morgan fingerprint density at radius 3 is 2.71 bits per heavy atom. The van der Waals surface area contributed by atoms with Gasteiger partial charge in [-0.2, -0.15) is 0 Å². The minimum atomic E-state index is 0.289. The fraction of sp³-hybridized carbons (Fsp3) is 0.611. The molecule has 2 N–H and O–H groups in total. The lowest BCUT2D eigenvalue weighted by molar-refractivity contribution is 0.0881. The molecule has 112 valence electrons. The highest BCUT2D eigenvalue weighted by molar-refractivity contribution is 5.82. The van der Waals surface area contributed by atoms with Gasteiger partial charge in [0.1, 0.15) is 0 Å². The molecule has 1 heterocycles. The van der Waals surface area contributed by atoms with E-state index in [1.165, 1.54) is 30.3 Å². The highest BCUT2D eigenvalue weighted by Crippen LogP contribution is 2.68. The molecule has 3 heteroatoms. The monoisotopic (exact) mass is 283 g/mol. The van der Waals surface area contributed by atoms with Gasteiger partial charge in [0.2, 0.25) is 5.95 Å². The molecule has 0 saturated heterocycles. The quantitative estimate of drug-likeness (QED) is 0.847. The molecule has 0 amide bonds. The zero-order chi connectivity index (χ0) is 15.0. The van der Waals surface area contributed by atoms with Gasteiger partial charge in [-0.1, -0.05) is 32.9 Å². The molecule has 2 aliphatic rings. The van der Waals surface area contributed by atoms with Crippen LogP contribution in [0.2, 0.25) is 0 Å². The molecular weight excluding hydrogens is 258 g/mol. The first-order chi connectivity index (χ1) is 9.84. The van der Waals surface area contributed by atoms with Crippen molar-refractivity contribution in [1.29, 1.82) is 0 Å². The molecule has 0 spiro atoms. The molecule has 3 nitrogen and oxygen atoms in total. The Morgan fingerprint density at radius 2 is 2.05 bits per heavy atom. The van der Waals surface area contributed by atoms with Gasteiger partial charge in [-0.3, -0.25) is 0 Å². The van der Waals surface area contributed by atoms with Gasteiger partial charge < -0.3 is 10.3 Å². The summed E-state index contributed by atoms with van der Waals surface area (Å²) in [4.78, 5) is 4.64. The molecule has 2 fully saturated rings. The lowest BCUT2D eigenvalue weighted by Gasteiger charge is -2.44. The number of fused-ring (bicyclic) bond motifs is 3. The highest BCUT2D eigenvalue weighted by atomic mass is 15.2. The lowest BCUT2D eigenvalue weighted by Crippen LogP contribution is -2.37. The number of aromatic nitrogens is 2. The predicted octanol–water partition coefficient (Wildman–Crippen LogP) is 4.31. The summed E-state index contributed by atoms with van der Waals surface area (Å²) in [5, 5.41) is 0. The summed E-state index contributed by atoms with van der Waals surface area (Å²) in [5.74, 6) is 1.50. The Morgan fingerprint density at radius 1 is 1.29 bits per heavy atom. The Bertz CT molecular complexity index is 723. The summed E-state index contributed by atoms with van der Waals surface area (Å²) < 4.78 is 2.36. The van der Waals surface area contributed by atoms with Crippen molar-refractivity contribution < 1.29 is 0 Å². The lowest BCUT2D eigenvalue weighted by atomic mass is 9.68. The normalized spacial score (nSPS) is 33.9. The zero-order valence-electron chi connectivity index (χ0n) is 13.5. The van der Waals surface area contributed by atoms with Crippen LogP contribution in [0.15, 0.2) is 18.2 Å². The fourth-order valence-corrected chi connectivity index (χ4v) is 5.52. The molecule has 1 aromatic carbocycles. The SMILES string of the molecule is Cc1cccc2nc(N)n(C3C4(C)CCC(C4)C3(C)C)c12. The van der Waals surface area contributed by atoms with Crippen LogP contribution in [0.3, 0.4) is 0 Å². The van der Waals surface area contributed by atoms with Crippen LogP contribution in [0.25, 0.3) is 11.0 Å². The predicted molar refractivity (Wildman–Crippen MR) is 87.1 cm³/mol. The maximum atomic E-state index is 6.37. The molecule has 3 atom stereocenters. The number of hydrogen-bond donors (Lipinski definition) is 1. The summed E-state index contributed by atoms with van der Waals surface area (Å²) >= 11 is 0. The van der Waals surface area contributed by atoms with E-state index < -0.39 is 0 Å². The van der Waals surface area contributed by atoms with Crippen LogP contribution in [-0.4, -0.2) is 9.55 Å². The van der Waals surface area contributed by atoms with E-state index in [0.29, 0.717) is 17.4 Å². The van der Waals surface area contributed by atoms with Gasteiger partial charge in [-0.15, -0.1) is 0 Å². The van der Waals surface area contributed by atoms with Gasteiger partial charge >= 0.3 is 0 Å². The molecule has 2 aromatic rings. The summed E-state index contributed by atoms with van der Waals surface area (Å²) in [7, 11) is 0. The minimum absolute atomic E-state index is 0.289. The second-order valence-corrected chi connectivity index (χ2v) is 8.10. The smallest absolute Gasteiger partial charge is 0.201 e. The molecule has 2 saturated carbocycles. The minimum Gasteiger partial charge on any atom is -0.369 e. The summed E-state index contributed by atoms with van der Waals surface area (Å²) in [6.45, 7) is 9.48.